The Balaban J connectivity index is 1.82. The highest BCUT2D eigenvalue weighted by Crippen LogP contribution is 2.30. The average molecular weight is 475 g/mol. The zero-order chi connectivity index (χ0) is 25.3. The van der Waals surface area contributed by atoms with Crippen LogP contribution in [0.2, 0.25) is 0 Å². The summed E-state index contributed by atoms with van der Waals surface area (Å²) in [5, 5.41) is 15.0. The zero-order valence-corrected chi connectivity index (χ0v) is 19.1. The monoisotopic (exact) mass is 475 g/mol. The number of benzene rings is 2. The molecule has 0 spiro atoms. The van der Waals surface area contributed by atoms with Crippen molar-refractivity contribution in [1.82, 2.24) is 4.57 Å². The topological polar surface area (TPSA) is 128 Å². The minimum Gasteiger partial charge on any atom is -0.478 e. The van der Waals surface area contributed by atoms with Crippen molar-refractivity contribution in [1.29, 1.82) is 0 Å². The molecule has 0 fully saturated rings. The van der Waals surface area contributed by atoms with Gasteiger partial charge in [-0.2, -0.15) is 10.1 Å². The Morgan fingerprint density at radius 2 is 1.71 bits per heavy atom. The summed E-state index contributed by atoms with van der Waals surface area (Å²) >= 11 is 0. The number of carbonyl (C=O) groups excluding carboxylic acids is 3. The lowest BCUT2D eigenvalue weighted by molar-refractivity contribution is -0.143. The largest absolute Gasteiger partial charge is 0.478 e. The number of amides is 1. The van der Waals surface area contributed by atoms with Crippen LogP contribution in [0, 0.1) is 0 Å². The predicted octanol–water partition coefficient (Wildman–Crippen LogP) is 3.03. The molecular weight excluding hydrogens is 454 g/mol. The molecule has 1 unspecified atom stereocenters. The number of hydrogen-bond acceptors (Lipinski definition) is 7. The fraction of sp³-hybridized carbons (Fsp3) is 0.160. The minimum atomic E-state index is -1.11. The van der Waals surface area contributed by atoms with Crippen molar-refractivity contribution in [3.8, 4) is 0 Å². The van der Waals surface area contributed by atoms with Gasteiger partial charge in [0.15, 0.2) is 5.71 Å². The Bertz CT molecular complexity index is 1420. The lowest BCUT2D eigenvalue weighted by atomic mass is 10.1. The van der Waals surface area contributed by atoms with E-state index in [0.29, 0.717) is 5.56 Å². The molecular formula is C25H21N3O7. The van der Waals surface area contributed by atoms with Gasteiger partial charge >= 0.3 is 17.9 Å². The first-order chi connectivity index (χ1) is 16.8. The molecule has 178 valence electrons. The van der Waals surface area contributed by atoms with Gasteiger partial charge < -0.3 is 19.1 Å². The molecule has 10 heteroatoms. The highest BCUT2D eigenvalue weighted by molar-refractivity contribution is 6.54. The van der Waals surface area contributed by atoms with Gasteiger partial charge in [0.25, 0.3) is 5.91 Å². The zero-order valence-electron chi connectivity index (χ0n) is 19.1. The van der Waals surface area contributed by atoms with Crippen molar-refractivity contribution in [3.05, 3.63) is 71.4 Å². The van der Waals surface area contributed by atoms with Crippen molar-refractivity contribution in [2.24, 2.45) is 5.10 Å². The van der Waals surface area contributed by atoms with Crippen LogP contribution in [0.25, 0.3) is 17.0 Å². The third-order valence-corrected chi connectivity index (χ3v) is 5.65. The van der Waals surface area contributed by atoms with Crippen LogP contribution in [-0.2, 0) is 23.9 Å². The van der Waals surface area contributed by atoms with Gasteiger partial charge in [-0.05, 0) is 43.3 Å². The molecule has 0 bridgehead atoms. The summed E-state index contributed by atoms with van der Waals surface area (Å²) < 4.78 is 11.4. The predicted molar refractivity (Wildman–Crippen MR) is 127 cm³/mol. The third kappa shape index (κ3) is 4.17. The normalized spacial score (nSPS) is 15.3. The first-order valence-corrected chi connectivity index (χ1v) is 10.5. The fourth-order valence-electron chi connectivity index (χ4n) is 3.82. The molecule has 3 aromatic rings. The molecule has 1 aromatic heterocycles. The molecule has 1 N–H and O–H groups in total. The van der Waals surface area contributed by atoms with Crippen LogP contribution < -0.4 is 5.01 Å². The Morgan fingerprint density at radius 3 is 2.34 bits per heavy atom. The van der Waals surface area contributed by atoms with Gasteiger partial charge in [-0.3, -0.25) is 4.79 Å². The van der Waals surface area contributed by atoms with Crippen LogP contribution >= 0.6 is 0 Å². The number of ether oxygens (including phenoxy) is 2. The number of aromatic nitrogens is 1. The van der Waals surface area contributed by atoms with E-state index in [2.05, 4.69) is 5.10 Å². The molecule has 0 saturated carbocycles. The molecule has 4 rings (SSSR count). The number of carboxylic acids is 1. The van der Waals surface area contributed by atoms with E-state index in [0.717, 1.165) is 15.9 Å². The number of methoxy groups -OCH3 is 2. The van der Waals surface area contributed by atoms with Crippen LogP contribution in [0.5, 0.6) is 0 Å². The summed E-state index contributed by atoms with van der Waals surface area (Å²) in [5.74, 6) is -2.94. The van der Waals surface area contributed by atoms with E-state index in [1.54, 1.807) is 17.7 Å². The van der Waals surface area contributed by atoms with Gasteiger partial charge in [0, 0.05) is 22.7 Å². The molecule has 10 nitrogen and oxygen atoms in total. The molecule has 1 aliphatic rings. The highest BCUT2D eigenvalue weighted by Gasteiger charge is 2.36. The number of anilines is 1. The van der Waals surface area contributed by atoms with Gasteiger partial charge in [0.2, 0.25) is 0 Å². The van der Waals surface area contributed by atoms with Crippen molar-refractivity contribution < 1.29 is 33.8 Å². The molecule has 1 aliphatic heterocycles. The Hall–Kier alpha value is -4.73. The number of carboxylic acid groups (broad SMARTS) is 1. The quantitative estimate of drug-likeness (QED) is 0.429. The van der Waals surface area contributed by atoms with Gasteiger partial charge in [-0.1, -0.05) is 18.2 Å². The molecule has 2 heterocycles. The summed E-state index contributed by atoms with van der Waals surface area (Å²) in [5.41, 5.74) is 1.44. The molecule has 1 atom stereocenters. The van der Waals surface area contributed by atoms with Crippen LogP contribution in [0.15, 0.2) is 65.4 Å². The molecule has 2 aromatic carbocycles. The molecule has 0 aliphatic carbocycles. The average Bonchev–Trinajstić information content (AvgIpc) is 3.41. The number of nitrogens with zero attached hydrogens (tertiary/aromatic N) is 3. The number of para-hydroxylation sites is 1. The van der Waals surface area contributed by atoms with Gasteiger partial charge in [0.1, 0.15) is 6.04 Å². The fourth-order valence-corrected chi connectivity index (χ4v) is 3.82. The van der Waals surface area contributed by atoms with Crippen molar-refractivity contribution in [3.63, 3.8) is 0 Å². The van der Waals surface area contributed by atoms with Crippen LogP contribution in [0.4, 0.5) is 5.69 Å². The smallest absolute Gasteiger partial charge is 0.359 e. The van der Waals surface area contributed by atoms with Crippen LogP contribution in [0.1, 0.15) is 28.9 Å². The summed E-state index contributed by atoms with van der Waals surface area (Å²) in [6.07, 6.45) is 3.22. The summed E-state index contributed by atoms with van der Waals surface area (Å²) in [7, 11) is 2.49. The molecule has 1 amide bonds. The van der Waals surface area contributed by atoms with E-state index < -0.39 is 29.9 Å². The lowest BCUT2D eigenvalue weighted by Crippen LogP contribution is -2.22. The number of aromatic carboxylic acids is 1. The number of esters is 2. The minimum absolute atomic E-state index is 0.00668. The first-order valence-electron chi connectivity index (χ1n) is 10.5. The van der Waals surface area contributed by atoms with E-state index in [1.807, 2.05) is 24.3 Å². The SMILES string of the molecule is COC(=O)C1=NN(c2ccc(C(=O)O)cc2)C(=O)C1=Cc1cn(C(C)C(=O)OC)c2ccccc12. The van der Waals surface area contributed by atoms with E-state index in [9.17, 15) is 19.2 Å². The Morgan fingerprint density at radius 1 is 1.03 bits per heavy atom. The molecule has 35 heavy (non-hydrogen) atoms. The van der Waals surface area contributed by atoms with Crippen LogP contribution in [0.3, 0.4) is 0 Å². The molecule has 0 saturated heterocycles. The standard InChI is InChI=1S/C25H21N3O7/c1-14(24(32)34-2)27-13-16(18-6-4-5-7-20(18)27)12-19-21(25(33)35-3)26-28(22(19)29)17-10-8-15(9-11-17)23(30)31/h4-14H,1-3H3,(H,30,31). The summed E-state index contributed by atoms with van der Waals surface area (Å²) in [6.45, 7) is 1.69. The first kappa shape index (κ1) is 23.4. The highest BCUT2D eigenvalue weighted by atomic mass is 16.5. The van der Waals surface area contributed by atoms with E-state index in [1.165, 1.54) is 44.6 Å². The maximum absolute atomic E-state index is 13.3. The second-order valence-electron chi connectivity index (χ2n) is 7.68. The van der Waals surface area contributed by atoms with Crippen molar-refractivity contribution in [2.75, 3.05) is 19.2 Å². The number of fused-ring (bicyclic) bond motifs is 1. The second-order valence-corrected chi connectivity index (χ2v) is 7.68. The van der Waals surface area contributed by atoms with Gasteiger partial charge in [-0.25, -0.2) is 14.4 Å². The maximum Gasteiger partial charge on any atom is 0.359 e. The summed E-state index contributed by atoms with van der Waals surface area (Å²) in [6, 6.07) is 12.2. The van der Waals surface area contributed by atoms with E-state index in [-0.39, 0.29) is 22.5 Å². The van der Waals surface area contributed by atoms with Crippen molar-refractivity contribution in [2.45, 2.75) is 13.0 Å². The Labute approximate surface area is 199 Å². The third-order valence-electron chi connectivity index (χ3n) is 5.65. The van der Waals surface area contributed by atoms with E-state index >= 15 is 0 Å². The number of hydrazone groups is 1. The van der Waals surface area contributed by atoms with Gasteiger partial charge in [-0.15, -0.1) is 0 Å². The Kier molecular flexibility index (Phi) is 6.20. The number of rotatable bonds is 6. The van der Waals surface area contributed by atoms with Crippen LogP contribution in [-0.4, -0.2) is 53.4 Å². The summed E-state index contributed by atoms with van der Waals surface area (Å²) in [4.78, 5) is 49.1. The van der Waals surface area contributed by atoms with Gasteiger partial charge in [0.05, 0.1) is 31.0 Å². The molecule has 0 radical (unpaired) electrons. The number of carbonyl (C=O) groups is 4. The number of hydrogen-bond donors (Lipinski definition) is 1. The van der Waals surface area contributed by atoms with E-state index in [4.69, 9.17) is 14.6 Å². The van der Waals surface area contributed by atoms with Crippen molar-refractivity contribution >= 4 is 52.2 Å². The second kappa shape index (κ2) is 9.26. The lowest BCUT2D eigenvalue weighted by Gasteiger charge is -2.12. The maximum atomic E-state index is 13.3.